The summed E-state index contributed by atoms with van der Waals surface area (Å²) in [6.07, 6.45) is 3.67. The molecule has 9 heteroatoms. The number of unbranched alkanes of at least 4 members (excludes halogenated alkanes) is 2. The molecular formula is C22H28Cl2N2O4S. The van der Waals surface area contributed by atoms with Crippen LogP contribution in [0.4, 0.5) is 0 Å². The number of rotatable bonds is 10. The highest BCUT2D eigenvalue weighted by molar-refractivity contribution is 7.89. The van der Waals surface area contributed by atoms with E-state index in [1.807, 2.05) is 0 Å². The second-order valence-electron chi connectivity index (χ2n) is 7.54. The lowest BCUT2D eigenvalue weighted by molar-refractivity contribution is 0.247. The molecule has 0 unspecified atom stereocenters. The summed E-state index contributed by atoms with van der Waals surface area (Å²) >= 11 is 11.9. The van der Waals surface area contributed by atoms with Gasteiger partial charge in [-0.2, -0.15) is 0 Å². The molecule has 170 valence electrons. The van der Waals surface area contributed by atoms with Gasteiger partial charge >= 0.3 is 0 Å². The van der Waals surface area contributed by atoms with E-state index in [2.05, 4.69) is 21.8 Å². The van der Waals surface area contributed by atoms with E-state index in [1.54, 1.807) is 20.3 Å². The van der Waals surface area contributed by atoms with Crippen LogP contribution in [0.15, 0.2) is 35.2 Å². The summed E-state index contributed by atoms with van der Waals surface area (Å²) in [5, 5.41) is 0.500. The van der Waals surface area contributed by atoms with E-state index in [1.165, 1.54) is 23.3 Å². The van der Waals surface area contributed by atoms with Crippen LogP contribution in [0.1, 0.15) is 30.4 Å². The molecule has 0 atom stereocenters. The lowest BCUT2D eigenvalue weighted by atomic mass is 9.98. The van der Waals surface area contributed by atoms with Gasteiger partial charge in [0.1, 0.15) is 4.90 Å². The van der Waals surface area contributed by atoms with Gasteiger partial charge in [-0.3, -0.25) is 4.90 Å². The minimum Gasteiger partial charge on any atom is -0.493 e. The van der Waals surface area contributed by atoms with Crippen LogP contribution in [0.25, 0.3) is 0 Å². The first-order chi connectivity index (χ1) is 14.8. The number of benzene rings is 2. The van der Waals surface area contributed by atoms with Crippen molar-refractivity contribution in [3.63, 3.8) is 0 Å². The highest BCUT2D eigenvalue weighted by Gasteiger charge is 2.20. The summed E-state index contributed by atoms with van der Waals surface area (Å²) in [4.78, 5) is 2.44. The summed E-state index contributed by atoms with van der Waals surface area (Å²) in [5.74, 6) is 1.53. The molecule has 0 fully saturated rings. The van der Waals surface area contributed by atoms with Crippen LogP contribution in [-0.4, -0.2) is 47.2 Å². The molecule has 2 aromatic rings. The molecule has 0 amide bonds. The van der Waals surface area contributed by atoms with Gasteiger partial charge in [0.2, 0.25) is 10.0 Å². The zero-order valence-electron chi connectivity index (χ0n) is 17.8. The Bertz CT molecular complexity index is 1010. The molecule has 3 rings (SSSR count). The van der Waals surface area contributed by atoms with E-state index in [4.69, 9.17) is 32.7 Å². The van der Waals surface area contributed by atoms with Gasteiger partial charge in [-0.15, -0.1) is 0 Å². The van der Waals surface area contributed by atoms with Crippen LogP contribution in [0, 0.1) is 0 Å². The third-order valence-corrected chi connectivity index (χ3v) is 7.60. The van der Waals surface area contributed by atoms with Crippen LogP contribution >= 0.6 is 23.2 Å². The summed E-state index contributed by atoms with van der Waals surface area (Å²) in [6.45, 7) is 3.23. The van der Waals surface area contributed by atoms with Gasteiger partial charge < -0.3 is 9.47 Å². The van der Waals surface area contributed by atoms with E-state index in [-0.39, 0.29) is 9.92 Å². The quantitative estimate of drug-likeness (QED) is 0.500. The molecular weight excluding hydrogens is 459 g/mol. The molecule has 1 aliphatic rings. The molecule has 0 spiro atoms. The Morgan fingerprint density at radius 1 is 1.00 bits per heavy atom. The molecule has 1 heterocycles. The fourth-order valence-electron chi connectivity index (χ4n) is 3.74. The Labute approximate surface area is 194 Å². The van der Waals surface area contributed by atoms with Crippen molar-refractivity contribution in [3.05, 3.63) is 51.5 Å². The topological polar surface area (TPSA) is 67.9 Å². The second-order valence-corrected chi connectivity index (χ2v) is 10.1. The zero-order valence-corrected chi connectivity index (χ0v) is 20.1. The first-order valence-electron chi connectivity index (χ1n) is 10.2. The molecule has 0 aromatic heterocycles. The van der Waals surface area contributed by atoms with Gasteiger partial charge in [0.15, 0.2) is 11.5 Å². The SMILES string of the molecule is COc1cc2c(cc1OC)CN(CCCCCNS(=O)(=O)c1cc(Cl)ccc1Cl)CC2. The smallest absolute Gasteiger partial charge is 0.242 e. The maximum atomic E-state index is 12.4. The number of halogens is 2. The summed E-state index contributed by atoms with van der Waals surface area (Å²) in [6, 6.07) is 8.56. The Balaban J connectivity index is 1.42. The van der Waals surface area contributed by atoms with Crippen molar-refractivity contribution in [3.8, 4) is 11.5 Å². The average Bonchev–Trinajstić information content (AvgIpc) is 2.76. The van der Waals surface area contributed by atoms with Crippen LogP contribution in [0.2, 0.25) is 10.0 Å². The Morgan fingerprint density at radius 3 is 2.42 bits per heavy atom. The van der Waals surface area contributed by atoms with Gasteiger partial charge in [-0.1, -0.05) is 29.6 Å². The van der Waals surface area contributed by atoms with Gasteiger partial charge in [0.25, 0.3) is 0 Å². The molecule has 0 saturated heterocycles. The first kappa shape index (κ1) is 24.1. The standard InChI is InChI=1S/C22H28Cl2N2O4S/c1-29-20-12-16-8-11-26(15-17(16)13-21(20)30-2)10-5-3-4-9-25-31(27,28)22-14-18(23)6-7-19(22)24/h6-7,12-14,25H,3-5,8-11,15H2,1-2H3. The number of ether oxygens (including phenoxy) is 2. The molecule has 0 aliphatic carbocycles. The third-order valence-electron chi connectivity index (χ3n) is 5.42. The molecule has 31 heavy (non-hydrogen) atoms. The van der Waals surface area contributed by atoms with Crippen LogP contribution in [0.5, 0.6) is 11.5 Å². The maximum absolute atomic E-state index is 12.4. The lowest BCUT2D eigenvalue weighted by Gasteiger charge is -2.29. The van der Waals surface area contributed by atoms with Crippen molar-refractivity contribution in [2.24, 2.45) is 0 Å². The fourth-order valence-corrected chi connectivity index (χ4v) is 5.57. The van der Waals surface area contributed by atoms with Crippen molar-refractivity contribution in [2.45, 2.75) is 37.1 Å². The van der Waals surface area contributed by atoms with Gasteiger partial charge in [-0.25, -0.2) is 13.1 Å². The van der Waals surface area contributed by atoms with E-state index < -0.39 is 10.0 Å². The average molecular weight is 487 g/mol. The minimum absolute atomic E-state index is 0.0145. The largest absolute Gasteiger partial charge is 0.493 e. The highest BCUT2D eigenvalue weighted by Crippen LogP contribution is 2.33. The molecule has 0 bridgehead atoms. The summed E-state index contributed by atoms with van der Waals surface area (Å²) in [5.41, 5.74) is 2.58. The normalized spacial score (nSPS) is 14.3. The predicted molar refractivity (Wildman–Crippen MR) is 124 cm³/mol. The number of nitrogens with zero attached hydrogens (tertiary/aromatic N) is 1. The Morgan fingerprint density at radius 2 is 1.71 bits per heavy atom. The number of hydrogen-bond acceptors (Lipinski definition) is 5. The number of nitrogens with one attached hydrogen (secondary N) is 1. The zero-order chi connectivity index (χ0) is 22.4. The summed E-state index contributed by atoms with van der Waals surface area (Å²) < 4.78 is 38.3. The van der Waals surface area contributed by atoms with E-state index >= 15 is 0 Å². The van der Waals surface area contributed by atoms with Crippen LogP contribution < -0.4 is 14.2 Å². The molecule has 2 aromatic carbocycles. The lowest BCUT2D eigenvalue weighted by Crippen LogP contribution is -2.31. The van der Waals surface area contributed by atoms with Crippen LogP contribution in [0.3, 0.4) is 0 Å². The molecule has 1 aliphatic heterocycles. The number of sulfonamides is 1. The molecule has 0 saturated carbocycles. The van der Waals surface area contributed by atoms with Crippen LogP contribution in [-0.2, 0) is 23.0 Å². The fraction of sp³-hybridized carbons (Fsp3) is 0.455. The Hall–Kier alpha value is -1.51. The number of fused-ring (bicyclic) bond motifs is 1. The number of methoxy groups -OCH3 is 2. The van der Waals surface area contributed by atoms with Gasteiger partial charge in [0, 0.05) is 24.7 Å². The maximum Gasteiger partial charge on any atom is 0.242 e. The Kier molecular flexibility index (Phi) is 8.47. The molecule has 0 radical (unpaired) electrons. The van der Waals surface area contributed by atoms with E-state index in [0.717, 1.165) is 56.8 Å². The highest BCUT2D eigenvalue weighted by atomic mass is 35.5. The van der Waals surface area contributed by atoms with Gasteiger partial charge in [-0.05, 0) is 67.3 Å². The minimum atomic E-state index is -3.67. The van der Waals surface area contributed by atoms with E-state index in [9.17, 15) is 8.42 Å². The van der Waals surface area contributed by atoms with Gasteiger partial charge in [0.05, 0.1) is 19.2 Å². The van der Waals surface area contributed by atoms with Crippen molar-refractivity contribution >= 4 is 33.2 Å². The first-order valence-corrected chi connectivity index (χ1v) is 12.5. The van der Waals surface area contributed by atoms with Crippen molar-refractivity contribution in [2.75, 3.05) is 33.9 Å². The van der Waals surface area contributed by atoms with Crippen molar-refractivity contribution in [1.82, 2.24) is 9.62 Å². The van der Waals surface area contributed by atoms with Crippen molar-refractivity contribution in [1.29, 1.82) is 0 Å². The molecule has 1 N–H and O–H groups in total. The molecule has 6 nitrogen and oxygen atoms in total. The second kappa shape index (κ2) is 10.9. The van der Waals surface area contributed by atoms with Crippen molar-refractivity contribution < 1.29 is 17.9 Å². The van der Waals surface area contributed by atoms with E-state index in [0.29, 0.717) is 11.6 Å². The monoisotopic (exact) mass is 486 g/mol. The number of hydrogen-bond donors (Lipinski definition) is 1. The predicted octanol–water partition coefficient (Wildman–Crippen LogP) is 4.52. The third kappa shape index (κ3) is 6.26. The summed E-state index contributed by atoms with van der Waals surface area (Å²) in [7, 11) is -0.358.